The molecule has 0 amide bonds. The molecular formula is C16H11F3IN3O. The van der Waals surface area contributed by atoms with Crippen LogP contribution in [0.3, 0.4) is 0 Å². The van der Waals surface area contributed by atoms with Gasteiger partial charge >= 0.3 is 0 Å². The molecule has 0 aliphatic heterocycles. The molecule has 3 N–H and O–H groups in total. The number of nitrogens with one attached hydrogen (secondary N) is 3. The van der Waals surface area contributed by atoms with Crippen LogP contribution in [0.1, 0.15) is 5.56 Å². The fraction of sp³-hybridized carbons (Fsp3) is 0.0625. The molecule has 1 aromatic heterocycles. The van der Waals surface area contributed by atoms with E-state index in [9.17, 15) is 18.0 Å². The lowest BCUT2D eigenvalue weighted by Crippen LogP contribution is -2.03. The zero-order chi connectivity index (χ0) is 17.4. The van der Waals surface area contributed by atoms with Crippen LogP contribution in [0.15, 0.2) is 35.1 Å². The zero-order valence-electron chi connectivity index (χ0n) is 12.3. The minimum Gasteiger partial charge on any atom is -0.352 e. The molecule has 0 bridgehead atoms. The second kappa shape index (κ2) is 6.34. The summed E-state index contributed by atoms with van der Waals surface area (Å²) in [7, 11) is 0. The van der Waals surface area contributed by atoms with Crippen LogP contribution >= 0.6 is 22.6 Å². The summed E-state index contributed by atoms with van der Waals surface area (Å²) in [6, 6.07) is 7.34. The molecule has 1 heterocycles. The van der Waals surface area contributed by atoms with Gasteiger partial charge in [-0.3, -0.25) is 15.0 Å². The third-order valence-corrected chi connectivity index (χ3v) is 4.17. The molecule has 124 valence electrons. The van der Waals surface area contributed by atoms with Gasteiger partial charge in [0.2, 0.25) is 0 Å². The van der Waals surface area contributed by atoms with Gasteiger partial charge in [-0.25, -0.2) is 13.2 Å². The first kappa shape index (κ1) is 16.6. The van der Waals surface area contributed by atoms with Crippen molar-refractivity contribution in [2.24, 2.45) is 0 Å². The summed E-state index contributed by atoms with van der Waals surface area (Å²) in [5.74, 6) is -4.28. The van der Waals surface area contributed by atoms with Gasteiger partial charge in [0, 0.05) is 20.9 Å². The molecular weight excluding hydrogens is 434 g/mol. The van der Waals surface area contributed by atoms with Crippen molar-refractivity contribution in [3.8, 4) is 11.3 Å². The summed E-state index contributed by atoms with van der Waals surface area (Å²) in [4.78, 5) is 11.3. The van der Waals surface area contributed by atoms with Gasteiger partial charge < -0.3 is 5.32 Å². The molecule has 8 heteroatoms. The Morgan fingerprint density at radius 2 is 1.79 bits per heavy atom. The molecule has 0 radical (unpaired) electrons. The van der Waals surface area contributed by atoms with E-state index in [4.69, 9.17) is 0 Å². The van der Waals surface area contributed by atoms with Crippen LogP contribution in [-0.4, -0.2) is 10.2 Å². The Hall–Kier alpha value is -2.23. The number of aromatic amines is 2. The molecule has 4 nitrogen and oxygen atoms in total. The molecule has 3 aromatic rings. The van der Waals surface area contributed by atoms with Crippen LogP contribution < -0.4 is 10.9 Å². The van der Waals surface area contributed by atoms with Crippen LogP contribution in [0.5, 0.6) is 0 Å². The highest BCUT2D eigenvalue weighted by atomic mass is 127. The first-order valence-corrected chi connectivity index (χ1v) is 7.93. The number of hydrogen-bond acceptors (Lipinski definition) is 2. The predicted molar refractivity (Wildman–Crippen MR) is 93.9 cm³/mol. The van der Waals surface area contributed by atoms with Crippen molar-refractivity contribution in [1.29, 1.82) is 0 Å². The molecule has 0 saturated heterocycles. The molecule has 0 atom stereocenters. The molecule has 0 spiro atoms. The molecule has 0 fully saturated rings. The van der Waals surface area contributed by atoms with Crippen molar-refractivity contribution in [3.05, 3.63) is 67.3 Å². The van der Waals surface area contributed by atoms with Crippen LogP contribution in [0.25, 0.3) is 11.3 Å². The number of H-pyrrole nitrogens is 2. The summed E-state index contributed by atoms with van der Waals surface area (Å²) >= 11 is 2.13. The van der Waals surface area contributed by atoms with E-state index in [1.807, 2.05) is 6.07 Å². The molecule has 24 heavy (non-hydrogen) atoms. The van der Waals surface area contributed by atoms with Gasteiger partial charge in [0.1, 0.15) is 0 Å². The molecule has 2 aromatic carbocycles. The molecule has 0 saturated carbocycles. The molecule has 3 rings (SSSR count). The Bertz CT molecular complexity index is 981. The monoisotopic (exact) mass is 445 g/mol. The van der Waals surface area contributed by atoms with E-state index in [1.165, 1.54) is 0 Å². The maximum absolute atomic E-state index is 14.3. The lowest BCUT2D eigenvalue weighted by atomic mass is 10.1. The number of benzene rings is 2. The SMILES string of the molecule is Cc1cc(I)ccc1Nc1c(-c2cc(=O)[nH][nH]2)cc(F)c(F)c1F. The van der Waals surface area contributed by atoms with E-state index >= 15 is 0 Å². The number of halogens is 4. The number of rotatable bonds is 3. The molecule has 0 aliphatic carbocycles. The summed E-state index contributed by atoms with van der Waals surface area (Å²) in [6.07, 6.45) is 0. The third-order valence-electron chi connectivity index (χ3n) is 3.50. The average molecular weight is 445 g/mol. The largest absolute Gasteiger partial charge is 0.352 e. The van der Waals surface area contributed by atoms with E-state index in [0.717, 1.165) is 21.3 Å². The standard InChI is InChI=1S/C16H11F3IN3O/c1-7-4-8(20)2-3-11(7)21-16-9(12-6-13(24)23-22-12)5-10(17)14(18)15(16)19/h2-6,21H,1H3,(H2,22,23,24). The lowest BCUT2D eigenvalue weighted by molar-refractivity contribution is 0.450. The Kier molecular flexibility index (Phi) is 4.39. The van der Waals surface area contributed by atoms with Crippen molar-refractivity contribution in [3.63, 3.8) is 0 Å². The van der Waals surface area contributed by atoms with E-state index in [2.05, 4.69) is 38.1 Å². The van der Waals surface area contributed by atoms with Crippen molar-refractivity contribution < 1.29 is 13.2 Å². The molecule has 0 unspecified atom stereocenters. The average Bonchev–Trinajstić information content (AvgIpc) is 2.96. The maximum atomic E-state index is 14.3. The van der Waals surface area contributed by atoms with Crippen molar-refractivity contribution in [1.82, 2.24) is 10.2 Å². The summed E-state index contributed by atoms with van der Waals surface area (Å²) in [5, 5.41) is 7.58. The van der Waals surface area contributed by atoms with Gasteiger partial charge in [0.05, 0.1) is 11.4 Å². The summed E-state index contributed by atoms with van der Waals surface area (Å²) < 4.78 is 42.6. The molecule has 0 aliphatic rings. The van der Waals surface area contributed by atoms with Crippen LogP contribution in [0.2, 0.25) is 0 Å². The Balaban J connectivity index is 2.18. The smallest absolute Gasteiger partial charge is 0.264 e. The van der Waals surface area contributed by atoms with Crippen molar-refractivity contribution >= 4 is 34.0 Å². The Labute approximate surface area is 148 Å². The first-order valence-electron chi connectivity index (χ1n) is 6.85. The van der Waals surface area contributed by atoms with Crippen molar-refractivity contribution in [2.45, 2.75) is 6.92 Å². The van der Waals surface area contributed by atoms with E-state index in [0.29, 0.717) is 5.69 Å². The number of anilines is 2. The Morgan fingerprint density at radius 3 is 2.42 bits per heavy atom. The van der Waals surface area contributed by atoms with Crippen LogP contribution in [0, 0.1) is 27.9 Å². The fourth-order valence-electron chi connectivity index (χ4n) is 2.31. The third kappa shape index (κ3) is 3.05. The minimum absolute atomic E-state index is 0.00250. The van der Waals surface area contributed by atoms with Gasteiger partial charge in [-0.05, 0) is 59.3 Å². The topological polar surface area (TPSA) is 60.7 Å². The van der Waals surface area contributed by atoms with E-state index in [-0.39, 0.29) is 16.9 Å². The van der Waals surface area contributed by atoms with Gasteiger partial charge in [-0.1, -0.05) is 0 Å². The minimum atomic E-state index is -1.58. The van der Waals surface area contributed by atoms with Crippen molar-refractivity contribution in [2.75, 3.05) is 5.32 Å². The Morgan fingerprint density at radius 1 is 1.04 bits per heavy atom. The summed E-state index contributed by atoms with van der Waals surface area (Å²) in [6.45, 7) is 1.81. The normalized spacial score (nSPS) is 10.9. The predicted octanol–water partition coefficient (Wildman–Crippen LogP) is 4.44. The highest BCUT2D eigenvalue weighted by Crippen LogP contribution is 2.35. The van der Waals surface area contributed by atoms with Gasteiger partial charge in [-0.15, -0.1) is 0 Å². The second-order valence-corrected chi connectivity index (χ2v) is 6.41. The highest BCUT2D eigenvalue weighted by Gasteiger charge is 2.21. The highest BCUT2D eigenvalue weighted by molar-refractivity contribution is 14.1. The number of aryl methyl sites for hydroxylation is 1. The second-order valence-electron chi connectivity index (χ2n) is 5.17. The fourth-order valence-corrected chi connectivity index (χ4v) is 2.96. The first-order chi connectivity index (χ1) is 11.4. The lowest BCUT2D eigenvalue weighted by Gasteiger charge is -2.15. The van der Waals surface area contributed by atoms with Crippen LogP contribution in [-0.2, 0) is 0 Å². The van der Waals surface area contributed by atoms with Gasteiger partial charge in [0.25, 0.3) is 5.56 Å². The van der Waals surface area contributed by atoms with Crippen LogP contribution in [0.4, 0.5) is 24.5 Å². The number of aromatic nitrogens is 2. The van der Waals surface area contributed by atoms with E-state index < -0.39 is 23.0 Å². The van der Waals surface area contributed by atoms with Gasteiger partial charge in [-0.2, -0.15) is 0 Å². The summed E-state index contributed by atoms with van der Waals surface area (Å²) in [5.41, 5.74) is 0.769. The van der Waals surface area contributed by atoms with Gasteiger partial charge in [0.15, 0.2) is 17.5 Å². The maximum Gasteiger partial charge on any atom is 0.264 e. The quantitative estimate of drug-likeness (QED) is 0.413. The van der Waals surface area contributed by atoms with E-state index in [1.54, 1.807) is 19.1 Å². The number of hydrogen-bond donors (Lipinski definition) is 3. The zero-order valence-corrected chi connectivity index (χ0v) is 14.5.